The molecule has 0 atom stereocenters. The van der Waals surface area contributed by atoms with Crippen LogP contribution in [0.25, 0.3) is 10.8 Å². The molecule has 0 saturated carbocycles. The Balaban J connectivity index is 2.11. The lowest BCUT2D eigenvalue weighted by atomic mass is 10.1. The first-order chi connectivity index (χ1) is 14.3. The van der Waals surface area contributed by atoms with Gasteiger partial charge in [0, 0.05) is 24.1 Å². The quantitative estimate of drug-likeness (QED) is 0.416. The summed E-state index contributed by atoms with van der Waals surface area (Å²) < 4.78 is 0. The first kappa shape index (κ1) is 20.2. The van der Waals surface area contributed by atoms with E-state index in [-0.39, 0.29) is 11.3 Å². The van der Waals surface area contributed by atoms with E-state index in [4.69, 9.17) is 0 Å². The fourth-order valence-electron chi connectivity index (χ4n) is 2.85. The van der Waals surface area contributed by atoms with Gasteiger partial charge in [-0.1, -0.05) is 36.4 Å². The van der Waals surface area contributed by atoms with E-state index < -0.39 is 33.0 Å². The van der Waals surface area contributed by atoms with Gasteiger partial charge in [-0.3, -0.25) is 40.7 Å². The van der Waals surface area contributed by atoms with Crippen molar-refractivity contribution in [2.45, 2.75) is 6.92 Å². The van der Waals surface area contributed by atoms with Crippen LogP contribution in [0.2, 0.25) is 0 Å². The number of non-ortho nitro benzene ring substituents is 1. The minimum Gasteiger partial charge on any atom is -0.321 e. The molecule has 0 aliphatic carbocycles. The lowest BCUT2D eigenvalue weighted by Crippen LogP contribution is -2.29. The van der Waals surface area contributed by atoms with Crippen molar-refractivity contribution in [1.82, 2.24) is 5.43 Å². The second-order valence-corrected chi connectivity index (χ2v) is 6.19. The Morgan fingerprint density at radius 3 is 2.30 bits per heavy atom. The molecule has 0 fully saturated rings. The highest BCUT2D eigenvalue weighted by Crippen LogP contribution is 2.34. The van der Waals surface area contributed by atoms with Gasteiger partial charge in [0.05, 0.1) is 21.5 Å². The average Bonchev–Trinajstić information content (AvgIpc) is 2.71. The number of carbonyl (C=O) groups excluding carboxylic acids is 2. The molecule has 0 aliphatic heterocycles. The molecule has 2 amide bonds. The molecular formula is C19H15N5O6. The van der Waals surface area contributed by atoms with Gasteiger partial charge in [0.1, 0.15) is 5.69 Å². The van der Waals surface area contributed by atoms with E-state index in [9.17, 15) is 29.8 Å². The van der Waals surface area contributed by atoms with Crippen LogP contribution in [0.15, 0.2) is 54.6 Å². The molecule has 0 spiro atoms. The third-order valence-corrected chi connectivity index (χ3v) is 4.16. The molecule has 30 heavy (non-hydrogen) atoms. The van der Waals surface area contributed by atoms with Crippen molar-refractivity contribution >= 4 is 45.3 Å². The van der Waals surface area contributed by atoms with Crippen LogP contribution in [0.4, 0.5) is 22.7 Å². The molecule has 11 heteroatoms. The Morgan fingerprint density at radius 1 is 0.933 bits per heavy atom. The second-order valence-electron chi connectivity index (χ2n) is 6.19. The number of nitro benzene ring substituents is 2. The van der Waals surface area contributed by atoms with Crippen molar-refractivity contribution in [3.63, 3.8) is 0 Å². The Morgan fingerprint density at radius 2 is 1.63 bits per heavy atom. The van der Waals surface area contributed by atoms with Gasteiger partial charge in [-0.25, -0.2) is 0 Å². The summed E-state index contributed by atoms with van der Waals surface area (Å²) in [6, 6.07) is 14.0. The van der Waals surface area contributed by atoms with Crippen molar-refractivity contribution in [3.05, 3.63) is 80.4 Å². The number of hydrogen-bond acceptors (Lipinski definition) is 7. The number of nitro groups is 2. The number of carbonyl (C=O) groups is 2. The molecular weight excluding hydrogens is 394 g/mol. The number of hydrazine groups is 1. The number of fused-ring (bicyclic) bond motifs is 1. The Kier molecular flexibility index (Phi) is 5.54. The molecule has 3 N–H and O–H groups in total. The number of nitrogens with one attached hydrogen (secondary N) is 3. The summed E-state index contributed by atoms with van der Waals surface area (Å²) in [6.07, 6.45) is 0. The van der Waals surface area contributed by atoms with Gasteiger partial charge in [-0.05, 0) is 11.5 Å². The summed E-state index contributed by atoms with van der Waals surface area (Å²) in [5.74, 6) is -1.41. The van der Waals surface area contributed by atoms with Crippen molar-refractivity contribution in [3.8, 4) is 0 Å². The normalized spacial score (nSPS) is 10.3. The van der Waals surface area contributed by atoms with Crippen LogP contribution < -0.4 is 16.2 Å². The van der Waals surface area contributed by atoms with E-state index in [0.717, 1.165) is 18.4 Å². The van der Waals surface area contributed by atoms with Gasteiger partial charge in [-0.15, -0.1) is 0 Å². The Bertz CT molecular complexity index is 1190. The molecule has 0 unspecified atom stereocenters. The predicted octanol–water partition coefficient (Wildman–Crippen LogP) is 3.37. The highest BCUT2D eigenvalue weighted by molar-refractivity contribution is 6.13. The maximum atomic E-state index is 13.0. The largest absolute Gasteiger partial charge is 0.321 e. The smallest absolute Gasteiger partial charge is 0.301 e. The monoisotopic (exact) mass is 409 g/mol. The van der Waals surface area contributed by atoms with Crippen molar-refractivity contribution in [1.29, 1.82) is 0 Å². The molecule has 0 bridgehead atoms. The van der Waals surface area contributed by atoms with Crippen molar-refractivity contribution in [2.24, 2.45) is 0 Å². The van der Waals surface area contributed by atoms with E-state index in [2.05, 4.69) is 16.2 Å². The maximum absolute atomic E-state index is 13.0. The van der Waals surface area contributed by atoms with Crippen LogP contribution >= 0.6 is 0 Å². The van der Waals surface area contributed by atoms with Crippen molar-refractivity contribution < 1.29 is 19.4 Å². The van der Waals surface area contributed by atoms with Crippen LogP contribution in [0.5, 0.6) is 0 Å². The topological polar surface area (TPSA) is 157 Å². The van der Waals surface area contributed by atoms with Crippen molar-refractivity contribution in [2.75, 3.05) is 10.7 Å². The Labute approximate surface area is 169 Å². The molecule has 11 nitrogen and oxygen atoms in total. The molecule has 152 valence electrons. The molecule has 3 aromatic rings. The van der Waals surface area contributed by atoms with Gasteiger partial charge in [0.25, 0.3) is 11.6 Å². The van der Waals surface area contributed by atoms with Gasteiger partial charge >= 0.3 is 5.69 Å². The molecule has 0 heterocycles. The van der Waals surface area contributed by atoms with Crippen LogP contribution in [-0.2, 0) is 4.79 Å². The van der Waals surface area contributed by atoms with Gasteiger partial charge in [-0.2, -0.15) is 0 Å². The molecule has 0 aromatic heterocycles. The first-order valence-corrected chi connectivity index (χ1v) is 8.56. The minimum absolute atomic E-state index is 0.376. The molecule has 0 aliphatic rings. The zero-order valence-electron chi connectivity index (χ0n) is 15.5. The van der Waals surface area contributed by atoms with Crippen LogP contribution in [0.1, 0.15) is 17.3 Å². The van der Waals surface area contributed by atoms with Crippen LogP contribution in [0.3, 0.4) is 0 Å². The van der Waals surface area contributed by atoms with E-state index in [1.54, 1.807) is 24.3 Å². The zero-order valence-corrected chi connectivity index (χ0v) is 15.5. The third kappa shape index (κ3) is 4.14. The SMILES string of the molecule is CC(=O)NNc1c(C(=O)Nc2cccc3ccccc23)cc([N+](=O)[O-])cc1[N+](=O)[O-]. The van der Waals surface area contributed by atoms with Gasteiger partial charge < -0.3 is 5.32 Å². The lowest BCUT2D eigenvalue weighted by Gasteiger charge is -2.14. The number of nitrogens with zero attached hydrogens (tertiary/aromatic N) is 2. The molecule has 0 saturated heterocycles. The fourth-order valence-corrected chi connectivity index (χ4v) is 2.85. The summed E-state index contributed by atoms with van der Waals surface area (Å²) in [6.45, 7) is 1.15. The summed E-state index contributed by atoms with van der Waals surface area (Å²) in [4.78, 5) is 45.1. The van der Waals surface area contributed by atoms with E-state index >= 15 is 0 Å². The number of hydrogen-bond donors (Lipinski definition) is 3. The number of anilines is 2. The summed E-state index contributed by atoms with van der Waals surface area (Å²) >= 11 is 0. The predicted molar refractivity (Wildman–Crippen MR) is 109 cm³/mol. The van der Waals surface area contributed by atoms with Crippen LogP contribution in [0, 0.1) is 20.2 Å². The standard InChI is InChI=1S/C19H15N5O6/c1-11(25)21-22-18-15(9-13(23(27)28)10-17(18)24(29)30)19(26)20-16-8-4-6-12-5-2-3-7-14(12)16/h2-10,22H,1H3,(H,20,26)(H,21,25). The molecule has 3 rings (SSSR count). The fraction of sp³-hybridized carbons (Fsp3) is 0.0526. The third-order valence-electron chi connectivity index (χ3n) is 4.16. The average molecular weight is 409 g/mol. The number of amides is 2. The van der Waals surface area contributed by atoms with Gasteiger partial charge in [0.2, 0.25) is 5.91 Å². The van der Waals surface area contributed by atoms with E-state index in [0.29, 0.717) is 17.1 Å². The lowest BCUT2D eigenvalue weighted by molar-refractivity contribution is -0.393. The Hall–Kier alpha value is -4.54. The van der Waals surface area contributed by atoms with Crippen LogP contribution in [-0.4, -0.2) is 21.7 Å². The zero-order chi connectivity index (χ0) is 21.8. The van der Waals surface area contributed by atoms with E-state index in [1.165, 1.54) is 0 Å². The van der Waals surface area contributed by atoms with E-state index in [1.807, 2.05) is 18.2 Å². The molecule has 0 radical (unpaired) electrons. The second kappa shape index (κ2) is 8.22. The maximum Gasteiger partial charge on any atom is 0.301 e. The number of rotatable bonds is 6. The summed E-state index contributed by atoms with van der Waals surface area (Å²) in [7, 11) is 0. The highest BCUT2D eigenvalue weighted by atomic mass is 16.6. The minimum atomic E-state index is -0.883. The molecule has 3 aromatic carbocycles. The summed E-state index contributed by atoms with van der Waals surface area (Å²) in [5.41, 5.74) is 2.74. The first-order valence-electron chi connectivity index (χ1n) is 8.56. The highest BCUT2D eigenvalue weighted by Gasteiger charge is 2.28. The van der Waals surface area contributed by atoms with Gasteiger partial charge in [0.15, 0.2) is 0 Å². The summed E-state index contributed by atoms with van der Waals surface area (Å²) in [5, 5.41) is 26.9. The number of benzene rings is 3.